The largest absolute Gasteiger partial charge is 0.396 e. The third-order valence-electron chi connectivity index (χ3n) is 3.24. The summed E-state index contributed by atoms with van der Waals surface area (Å²) in [5, 5.41) is 18.3. The molecule has 0 spiro atoms. The number of ether oxygens (including phenoxy) is 1. The van der Waals surface area contributed by atoms with Gasteiger partial charge >= 0.3 is 6.08 Å². The Labute approximate surface area is 106 Å². The Morgan fingerprint density at radius 2 is 2.16 bits per heavy atom. The van der Waals surface area contributed by atoms with Gasteiger partial charge in [-0.1, -0.05) is 0 Å². The van der Waals surface area contributed by atoms with E-state index in [0.29, 0.717) is 0 Å². The second-order valence-corrected chi connectivity index (χ2v) is 4.30. The van der Waals surface area contributed by atoms with Gasteiger partial charge in [0.25, 0.3) is 0 Å². The summed E-state index contributed by atoms with van der Waals surface area (Å²) in [5.41, 5.74) is 6.02. The first kappa shape index (κ1) is 12.2. The van der Waals surface area contributed by atoms with E-state index in [2.05, 4.69) is 15.0 Å². The lowest BCUT2D eigenvalue weighted by molar-refractivity contribution is -0.243. The average Bonchev–Trinajstić information content (AvgIpc) is 2.73. The molecular weight excluding hydrogens is 257 g/mol. The zero-order valence-electron chi connectivity index (χ0n) is 9.77. The second-order valence-electron chi connectivity index (χ2n) is 4.30. The first-order valence-corrected chi connectivity index (χ1v) is 5.68. The second kappa shape index (κ2) is 4.37. The molecule has 1 saturated heterocycles. The van der Waals surface area contributed by atoms with Crippen LogP contribution < -0.4 is 5.73 Å². The Morgan fingerprint density at radius 3 is 2.84 bits per heavy atom. The number of nitrogens with zero attached hydrogens (tertiary/aromatic N) is 4. The van der Waals surface area contributed by atoms with E-state index < -0.39 is 18.4 Å². The van der Waals surface area contributed by atoms with E-state index in [0.717, 1.165) is 0 Å². The summed E-state index contributed by atoms with van der Waals surface area (Å²) in [6.45, 7) is -0.363. The molecule has 0 saturated carbocycles. The third-order valence-corrected chi connectivity index (χ3v) is 3.24. The van der Waals surface area contributed by atoms with E-state index in [1.54, 1.807) is 0 Å². The van der Waals surface area contributed by atoms with Crippen molar-refractivity contribution in [2.45, 2.75) is 12.3 Å². The minimum absolute atomic E-state index is 0.0557. The number of nitrogen functional groups attached to an aromatic ring is 1. The molecule has 8 nitrogen and oxygen atoms in total. The molecule has 0 bridgehead atoms. The lowest BCUT2D eigenvalue weighted by Gasteiger charge is -2.43. The number of halogens is 1. The number of hydrogen-bond donors (Lipinski definition) is 3. The summed E-state index contributed by atoms with van der Waals surface area (Å²) in [7, 11) is 0. The molecule has 102 valence electrons. The van der Waals surface area contributed by atoms with Gasteiger partial charge < -0.3 is 20.7 Å². The van der Waals surface area contributed by atoms with Crippen molar-refractivity contribution >= 4 is 17.0 Å². The number of aliphatic hydroxyl groups is 2. The maximum absolute atomic E-state index is 13.2. The van der Waals surface area contributed by atoms with Gasteiger partial charge in [-0.25, -0.2) is 4.98 Å². The Bertz CT molecular complexity index is 618. The molecular formula is C10H12FN5O3. The van der Waals surface area contributed by atoms with Gasteiger partial charge in [0.2, 0.25) is 0 Å². The van der Waals surface area contributed by atoms with Gasteiger partial charge in [0.05, 0.1) is 31.6 Å². The summed E-state index contributed by atoms with van der Waals surface area (Å²) >= 11 is 0. The van der Waals surface area contributed by atoms with Crippen LogP contribution in [0.25, 0.3) is 11.2 Å². The maximum atomic E-state index is 13.2. The molecule has 0 aliphatic carbocycles. The van der Waals surface area contributed by atoms with Gasteiger partial charge in [0.15, 0.2) is 17.0 Å². The lowest BCUT2D eigenvalue weighted by atomic mass is 9.95. The van der Waals surface area contributed by atoms with E-state index >= 15 is 0 Å². The van der Waals surface area contributed by atoms with E-state index in [1.165, 1.54) is 10.9 Å². The molecule has 0 aromatic carbocycles. The Morgan fingerprint density at radius 1 is 1.37 bits per heavy atom. The molecule has 2 aromatic heterocycles. The smallest absolute Gasteiger partial charge is 0.312 e. The predicted octanol–water partition coefficient (Wildman–Crippen LogP) is -0.954. The van der Waals surface area contributed by atoms with Crippen LogP contribution >= 0.6 is 0 Å². The van der Waals surface area contributed by atoms with Gasteiger partial charge in [-0.3, -0.25) is 4.57 Å². The van der Waals surface area contributed by atoms with E-state index in [1.807, 2.05) is 0 Å². The minimum Gasteiger partial charge on any atom is -0.396 e. The average molecular weight is 269 g/mol. The molecule has 4 N–H and O–H groups in total. The summed E-state index contributed by atoms with van der Waals surface area (Å²) in [4.78, 5) is 11.0. The third kappa shape index (κ3) is 1.74. The molecule has 3 heterocycles. The minimum atomic E-state index is -0.953. The van der Waals surface area contributed by atoms with Crippen molar-refractivity contribution in [3.63, 3.8) is 0 Å². The molecule has 2 aromatic rings. The summed E-state index contributed by atoms with van der Waals surface area (Å²) in [6.07, 6.45) is -0.557. The molecule has 1 aliphatic heterocycles. The molecule has 9 heteroatoms. The number of imidazole rings is 1. The van der Waals surface area contributed by atoms with Crippen molar-refractivity contribution in [3.8, 4) is 0 Å². The fraction of sp³-hybridized carbons (Fsp3) is 0.500. The number of aromatic nitrogens is 4. The van der Waals surface area contributed by atoms with Crippen LogP contribution in [0.2, 0.25) is 0 Å². The summed E-state index contributed by atoms with van der Waals surface area (Å²) < 4.78 is 20.1. The SMILES string of the molecule is Nc1nc(F)nc2c1ncn2[C@@H]1O[C@H](CO)[C@H]1CO. The molecule has 0 radical (unpaired) electrons. The van der Waals surface area contributed by atoms with E-state index in [9.17, 15) is 9.50 Å². The van der Waals surface area contributed by atoms with Crippen LogP contribution in [0, 0.1) is 12.0 Å². The van der Waals surface area contributed by atoms with Gasteiger partial charge in [0, 0.05) is 0 Å². The van der Waals surface area contributed by atoms with Crippen LogP contribution in [0.5, 0.6) is 0 Å². The number of rotatable bonds is 3. The zero-order chi connectivity index (χ0) is 13.6. The molecule has 1 fully saturated rings. The van der Waals surface area contributed by atoms with Crippen molar-refractivity contribution in [3.05, 3.63) is 12.4 Å². The number of fused-ring (bicyclic) bond motifs is 1. The van der Waals surface area contributed by atoms with E-state index in [-0.39, 0.29) is 36.1 Å². The Hall–Kier alpha value is -1.84. The van der Waals surface area contributed by atoms with Crippen LogP contribution in [0.1, 0.15) is 6.23 Å². The van der Waals surface area contributed by atoms with Crippen LogP contribution in [0.15, 0.2) is 6.33 Å². The monoisotopic (exact) mass is 269 g/mol. The summed E-state index contributed by atoms with van der Waals surface area (Å²) in [5.74, 6) is -0.360. The first-order valence-electron chi connectivity index (χ1n) is 5.68. The van der Waals surface area contributed by atoms with Crippen molar-refractivity contribution in [2.24, 2.45) is 5.92 Å². The predicted molar refractivity (Wildman–Crippen MR) is 61.3 cm³/mol. The molecule has 0 amide bonds. The highest BCUT2D eigenvalue weighted by molar-refractivity contribution is 5.81. The van der Waals surface area contributed by atoms with Crippen molar-refractivity contribution in [2.75, 3.05) is 18.9 Å². The molecule has 1 aliphatic rings. The quantitative estimate of drug-likeness (QED) is 0.614. The first-order chi connectivity index (χ1) is 9.15. The lowest BCUT2D eigenvalue weighted by Crippen LogP contribution is -2.49. The van der Waals surface area contributed by atoms with Crippen LogP contribution in [0.3, 0.4) is 0 Å². The van der Waals surface area contributed by atoms with Crippen LogP contribution in [-0.4, -0.2) is 49.0 Å². The number of nitrogens with two attached hydrogens (primary N) is 1. The van der Waals surface area contributed by atoms with Crippen molar-refractivity contribution in [1.82, 2.24) is 19.5 Å². The van der Waals surface area contributed by atoms with Crippen molar-refractivity contribution in [1.29, 1.82) is 0 Å². The fourth-order valence-corrected chi connectivity index (χ4v) is 2.23. The summed E-state index contributed by atoms with van der Waals surface area (Å²) in [6, 6.07) is 0. The van der Waals surface area contributed by atoms with Gasteiger partial charge in [0.1, 0.15) is 6.23 Å². The van der Waals surface area contributed by atoms with Crippen LogP contribution in [-0.2, 0) is 4.74 Å². The van der Waals surface area contributed by atoms with Gasteiger partial charge in [-0.15, -0.1) is 0 Å². The molecule has 0 unspecified atom stereocenters. The topological polar surface area (TPSA) is 119 Å². The maximum Gasteiger partial charge on any atom is 0.312 e. The zero-order valence-corrected chi connectivity index (χ0v) is 9.77. The number of anilines is 1. The molecule has 3 atom stereocenters. The Balaban J connectivity index is 2.02. The molecule has 19 heavy (non-hydrogen) atoms. The standard InChI is InChI=1S/C10H12FN5O3/c11-10-14-7(12)6-8(15-10)16(3-13-6)9-4(1-17)5(2-18)19-9/h3-5,9,17-18H,1-2H2,(H2,12,14,15)/t4-,5-,9-/m1/s1. The highest BCUT2D eigenvalue weighted by atomic mass is 19.1. The van der Waals surface area contributed by atoms with E-state index in [4.69, 9.17) is 15.6 Å². The number of aliphatic hydroxyl groups excluding tert-OH is 2. The fourth-order valence-electron chi connectivity index (χ4n) is 2.23. The highest BCUT2D eigenvalue weighted by Gasteiger charge is 2.43. The number of hydrogen-bond acceptors (Lipinski definition) is 7. The van der Waals surface area contributed by atoms with Crippen molar-refractivity contribution < 1.29 is 19.3 Å². The molecule has 3 rings (SSSR count). The highest BCUT2D eigenvalue weighted by Crippen LogP contribution is 2.38. The normalized spacial score (nSPS) is 26.6. The van der Waals surface area contributed by atoms with Gasteiger partial charge in [-0.05, 0) is 0 Å². The Kier molecular flexibility index (Phi) is 2.81. The van der Waals surface area contributed by atoms with Crippen LogP contribution in [0.4, 0.5) is 10.2 Å². The van der Waals surface area contributed by atoms with Gasteiger partial charge in [-0.2, -0.15) is 14.4 Å².